The van der Waals surface area contributed by atoms with Gasteiger partial charge in [-0.3, -0.25) is 19.7 Å². The molecule has 0 radical (unpaired) electrons. The lowest BCUT2D eigenvalue weighted by atomic mass is 10.1. The number of non-ortho nitro benzene ring substituents is 1. The van der Waals surface area contributed by atoms with Crippen LogP contribution in [0.1, 0.15) is 5.56 Å². The van der Waals surface area contributed by atoms with E-state index < -0.39 is 16.7 Å². The molecule has 2 aromatic carbocycles. The average Bonchev–Trinajstić information content (AvgIpc) is 2.69. The number of amides is 2. The second-order valence-corrected chi connectivity index (χ2v) is 6.33. The zero-order valence-electron chi connectivity index (χ0n) is 14.9. The van der Waals surface area contributed by atoms with E-state index in [2.05, 4.69) is 10.2 Å². The maximum Gasteiger partial charge on any atom is 0.313 e. The Kier molecular flexibility index (Phi) is 5.35. The first kappa shape index (κ1) is 18.4. The Labute approximate surface area is 156 Å². The van der Waals surface area contributed by atoms with Crippen LogP contribution in [-0.2, 0) is 9.59 Å². The molecule has 1 aliphatic heterocycles. The quantitative estimate of drug-likeness (QED) is 0.509. The molecule has 0 aliphatic carbocycles. The lowest BCUT2D eigenvalue weighted by molar-refractivity contribution is -0.384. The van der Waals surface area contributed by atoms with Crippen molar-refractivity contribution in [3.63, 3.8) is 0 Å². The summed E-state index contributed by atoms with van der Waals surface area (Å²) in [5.41, 5.74) is 1.95. The van der Waals surface area contributed by atoms with Crippen molar-refractivity contribution in [3.8, 4) is 0 Å². The summed E-state index contributed by atoms with van der Waals surface area (Å²) in [7, 11) is 0. The molecule has 1 heterocycles. The molecule has 1 saturated heterocycles. The number of nitrogens with one attached hydrogen (secondary N) is 1. The second kappa shape index (κ2) is 7.86. The van der Waals surface area contributed by atoms with E-state index in [4.69, 9.17) is 0 Å². The average molecular weight is 368 g/mol. The van der Waals surface area contributed by atoms with Gasteiger partial charge in [-0.25, -0.2) is 0 Å². The standard InChI is InChI=1S/C19H20N4O4/c1-14-13-16(23(26)27)7-8-17(14)20-18(24)19(25)22-11-9-21(10-12-22)15-5-3-2-4-6-15/h2-8,13H,9-12H2,1H3,(H,20,24). The first-order valence-electron chi connectivity index (χ1n) is 8.61. The Morgan fingerprint density at radius 2 is 1.70 bits per heavy atom. The largest absolute Gasteiger partial charge is 0.368 e. The maximum absolute atomic E-state index is 12.4. The summed E-state index contributed by atoms with van der Waals surface area (Å²) in [4.78, 5) is 38.7. The first-order chi connectivity index (χ1) is 13.0. The normalized spacial score (nSPS) is 14.0. The van der Waals surface area contributed by atoms with Crippen LogP contribution in [-0.4, -0.2) is 47.8 Å². The van der Waals surface area contributed by atoms with Crippen LogP contribution in [0.2, 0.25) is 0 Å². The van der Waals surface area contributed by atoms with E-state index in [-0.39, 0.29) is 5.69 Å². The highest BCUT2D eigenvalue weighted by Crippen LogP contribution is 2.21. The molecule has 2 aromatic rings. The smallest absolute Gasteiger partial charge is 0.313 e. The number of nitro benzene ring substituents is 1. The fourth-order valence-electron chi connectivity index (χ4n) is 3.03. The van der Waals surface area contributed by atoms with Gasteiger partial charge in [-0.05, 0) is 30.7 Å². The van der Waals surface area contributed by atoms with Gasteiger partial charge in [-0.2, -0.15) is 0 Å². The van der Waals surface area contributed by atoms with Crippen molar-refractivity contribution in [2.75, 3.05) is 36.4 Å². The molecule has 0 unspecified atom stereocenters. The van der Waals surface area contributed by atoms with Gasteiger partial charge in [0.15, 0.2) is 0 Å². The number of nitrogens with zero attached hydrogens (tertiary/aromatic N) is 3. The minimum Gasteiger partial charge on any atom is -0.368 e. The van der Waals surface area contributed by atoms with E-state index in [1.807, 2.05) is 30.3 Å². The molecular formula is C19H20N4O4. The van der Waals surface area contributed by atoms with Crippen LogP contribution in [0, 0.1) is 17.0 Å². The summed E-state index contributed by atoms with van der Waals surface area (Å²) in [6.45, 7) is 3.87. The molecule has 27 heavy (non-hydrogen) atoms. The highest BCUT2D eigenvalue weighted by molar-refractivity contribution is 6.39. The summed E-state index contributed by atoms with van der Waals surface area (Å²) in [6.07, 6.45) is 0. The van der Waals surface area contributed by atoms with Crippen LogP contribution < -0.4 is 10.2 Å². The number of rotatable bonds is 3. The Morgan fingerprint density at radius 1 is 1.04 bits per heavy atom. The van der Waals surface area contributed by atoms with Gasteiger partial charge in [-0.15, -0.1) is 0 Å². The van der Waals surface area contributed by atoms with Gasteiger partial charge in [0.1, 0.15) is 0 Å². The van der Waals surface area contributed by atoms with Crippen LogP contribution in [0.5, 0.6) is 0 Å². The summed E-state index contributed by atoms with van der Waals surface area (Å²) in [5.74, 6) is -1.33. The van der Waals surface area contributed by atoms with Crippen molar-refractivity contribution < 1.29 is 14.5 Å². The third-order valence-electron chi connectivity index (χ3n) is 4.55. The molecule has 1 N–H and O–H groups in total. The molecule has 0 atom stereocenters. The topological polar surface area (TPSA) is 95.8 Å². The van der Waals surface area contributed by atoms with Crippen LogP contribution in [0.3, 0.4) is 0 Å². The van der Waals surface area contributed by atoms with Crippen molar-refractivity contribution in [1.82, 2.24) is 4.90 Å². The predicted octanol–water partition coefficient (Wildman–Crippen LogP) is 2.19. The van der Waals surface area contributed by atoms with Crippen LogP contribution in [0.25, 0.3) is 0 Å². The third kappa shape index (κ3) is 4.22. The number of aryl methyl sites for hydroxylation is 1. The molecule has 2 amide bonds. The van der Waals surface area contributed by atoms with Gasteiger partial charge in [0, 0.05) is 49.7 Å². The number of nitro groups is 1. The van der Waals surface area contributed by atoms with Crippen LogP contribution in [0.15, 0.2) is 48.5 Å². The van der Waals surface area contributed by atoms with E-state index >= 15 is 0 Å². The summed E-state index contributed by atoms with van der Waals surface area (Å²) >= 11 is 0. The summed E-state index contributed by atoms with van der Waals surface area (Å²) in [5, 5.41) is 13.3. The number of hydrogen-bond donors (Lipinski definition) is 1. The minimum atomic E-state index is -0.736. The number of para-hydroxylation sites is 1. The fourth-order valence-corrected chi connectivity index (χ4v) is 3.03. The summed E-state index contributed by atoms with van der Waals surface area (Å²) < 4.78 is 0. The SMILES string of the molecule is Cc1cc([N+](=O)[O-])ccc1NC(=O)C(=O)N1CCN(c2ccccc2)CC1. The van der Waals surface area contributed by atoms with Gasteiger partial charge in [0.05, 0.1) is 4.92 Å². The maximum atomic E-state index is 12.4. The van der Waals surface area contributed by atoms with Crippen molar-refractivity contribution >= 4 is 28.9 Å². The molecule has 8 heteroatoms. The number of carbonyl (C=O) groups is 2. The van der Waals surface area contributed by atoms with Gasteiger partial charge >= 0.3 is 11.8 Å². The van der Waals surface area contributed by atoms with Crippen LogP contribution >= 0.6 is 0 Å². The monoisotopic (exact) mass is 368 g/mol. The first-order valence-corrected chi connectivity index (χ1v) is 8.61. The molecule has 0 spiro atoms. The molecule has 1 fully saturated rings. The Balaban J connectivity index is 1.58. The van der Waals surface area contributed by atoms with Gasteiger partial charge < -0.3 is 15.1 Å². The minimum absolute atomic E-state index is 0.0612. The van der Waals surface area contributed by atoms with E-state index in [0.717, 1.165) is 5.69 Å². The van der Waals surface area contributed by atoms with Crippen molar-refractivity contribution in [3.05, 3.63) is 64.2 Å². The van der Waals surface area contributed by atoms with Crippen molar-refractivity contribution in [2.24, 2.45) is 0 Å². The van der Waals surface area contributed by atoms with Crippen molar-refractivity contribution in [2.45, 2.75) is 6.92 Å². The highest BCUT2D eigenvalue weighted by atomic mass is 16.6. The Morgan fingerprint density at radius 3 is 2.30 bits per heavy atom. The number of piperazine rings is 1. The molecule has 0 saturated carbocycles. The van der Waals surface area contributed by atoms with Gasteiger partial charge in [0.2, 0.25) is 0 Å². The molecule has 0 bridgehead atoms. The molecule has 0 aromatic heterocycles. The number of anilines is 2. The van der Waals surface area contributed by atoms with Crippen LogP contribution in [0.4, 0.5) is 17.1 Å². The lowest BCUT2D eigenvalue weighted by Gasteiger charge is -2.35. The zero-order valence-corrected chi connectivity index (χ0v) is 14.9. The fraction of sp³-hybridized carbons (Fsp3) is 0.263. The Hall–Kier alpha value is -3.42. The molecule has 8 nitrogen and oxygen atoms in total. The number of hydrogen-bond acceptors (Lipinski definition) is 5. The third-order valence-corrected chi connectivity index (χ3v) is 4.55. The highest BCUT2D eigenvalue weighted by Gasteiger charge is 2.26. The van der Waals surface area contributed by atoms with E-state index in [1.54, 1.807) is 6.92 Å². The summed E-state index contributed by atoms with van der Waals surface area (Å²) in [6, 6.07) is 14.0. The Bertz CT molecular complexity index is 861. The number of benzene rings is 2. The van der Waals surface area contributed by atoms with E-state index in [9.17, 15) is 19.7 Å². The lowest BCUT2D eigenvalue weighted by Crippen LogP contribution is -2.51. The second-order valence-electron chi connectivity index (χ2n) is 6.33. The van der Waals surface area contributed by atoms with E-state index in [0.29, 0.717) is 37.4 Å². The molecule has 3 rings (SSSR count). The van der Waals surface area contributed by atoms with Gasteiger partial charge in [-0.1, -0.05) is 18.2 Å². The zero-order chi connectivity index (χ0) is 19.4. The van der Waals surface area contributed by atoms with E-state index in [1.165, 1.54) is 23.1 Å². The van der Waals surface area contributed by atoms with Gasteiger partial charge in [0.25, 0.3) is 5.69 Å². The predicted molar refractivity (Wildman–Crippen MR) is 102 cm³/mol. The molecule has 140 valence electrons. The van der Waals surface area contributed by atoms with Crippen molar-refractivity contribution in [1.29, 1.82) is 0 Å². The molecular weight excluding hydrogens is 348 g/mol. The number of carbonyl (C=O) groups excluding carboxylic acids is 2. The molecule has 1 aliphatic rings.